The van der Waals surface area contributed by atoms with E-state index < -0.39 is 0 Å². The van der Waals surface area contributed by atoms with Crippen LogP contribution < -0.4 is 15.9 Å². The van der Waals surface area contributed by atoms with E-state index in [9.17, 15) is 4.39 Å². The number of allylic oxidation sites excluding steroid dienone is 3. The molecule has 0 saturated carbocycles. The molecule has 4 heterocycles. The van der Waals surface area contributed by atoms with Crippen molar-refractivity contribution in [1.82, 2.24) is 30.1 Å². The zero-order valence-electron chi connectivity index (χ0n) is 20.6. The third kappa shape index (κ3) is 4.81. The second kappa shape index (κ2) is 10.0. The number of H-pyrrole nitrogens is 2. The second-order valence-corrected chi connectivity index (χ2v) is 8.55. The van der Waals surface area contributed by atoms with E-state index in [0.29, 0.717) is 33.6 Å². The van der Waals surface area contributed by atoms with Crippen molar-refractivity contribution in [3.63, 3.8) is 0 Å². The van der Waals surface area contributed by atoms with Crippen molar-refractivity contribution < 1.29 is 4.39 Å². The van der Waals surface area contributed by atoms with Crippen molar-refractivity contribution in [3.8, 4) is 22.8 Å². The number of fused-ring (bicyclic) bond motifs is 1. The number of imidazole rings is 1. The van der Waals surface area contributed by atoms with Gasteiger partial charge in [-0.05, 0) is 49.3 Å². The summed E-state index contributed by atoms with van der Waals surface area (Å²) in [6.07, 6.45) is 10.1. The number of hydrogen-bond acceptors (Lipinski definition) is 5. The average molecular weight is 492 g/mol. The Kier molecular flexibility index (Phi) is 6.47. The Hall–Kier alpha value is -4.85. The average Bonchev–Trinajstić information content (AvgIpc) is 3.50. The number of nitrogens with one attached hydrogen (secondary N) is 3. The lowest BCUT2D eigenvalue weighted by Gasteiger charge is -2.09. The van der Waals surface area contributed by atoms with Gasteiger partial charge in [0.1, 0.15) is 17.0 Å². The van der Waals surface area contributed by atoms with Crippen LogP contribution in [-0.4, -0.2) is 30.1 Å². The molecule has 0 bridgehead atoms. The van der Waals surface area contributed by atoms with Gasteiger partial charge in [-0.2, -0.15) is 5.10 Å². The fourth-order valence-corrected chi connectivity index (χ4v) is 4.06. The molecule has 0 radical (unpaired) electrons. The molecule has 0 fully saturated rings. The summed E-state index contributed by atoms with van der Waals surface area (Å²) < 4.78 is 13.9. The first-order valence-electron chi connectivity index (χ1n) is 11.9. The number of pyridine rings is 2. The van der Waals surface area contributed by atoms with Crippen LogP contribution in [0.25, 0.3) is 52.0 Å². The van der Waals surface area contributed by atoms with Crippen LogP contribution in [-0.2, 0) is 0 Å². The SMILES string of the molecule is C=C(CC)Nc1cncc(C(/C=c2/c(-c3nc4c(-c5cccc(F)c5)nccc4[nH]3)n[nH]c2=C)=C/C)c1. The van der Waals surface area contributed by atoms with Crippen LogP contribution in [0.4, 0.5) is 10.1 Å². The summed E-state index contributed by atoms with van der Waals surface area (Å²) in [6.45, 7) is 12.2. The van der Waals surface area contributed by atoms with Crippen LogP contribution in [0.3, 0.4) is 0 Å². The van der Waals surface area contributed by atoms with E-state index in [1.807, 2.05) is 50.4 Å². The molecule has 1 aromatic carbocycles. The molecule has 0 amide bonds. The number of anilines is 1. The van der Waals surface area contributed by atoms with Gasteiger partial charge in [-0.25, -0.2) is 9.37 Å². The molecule has 5 aromatic rings. The number of hydrogen-bond donors (Lipinski definition) is 3. The Labute approximate surface area is 213 Å². The van der Waals surface area contributed by atoms with Crippen LogP contribution in [0.5, 0.6) is 0 Å². The first kappa shape index (κ1) is 23.9. The van der Waals surface area contributed by atoms with Crippen molar-refractivity contribution in [2.75, 3.05) is 5.32 Å². The molecular formula is C29H26FN7. The molecule has 8 heteroatoms. The van der Waals surface area contributed by atoms with Gasteiger partial charge >= 0.3 is 0 Å². The number of benzene rings is 1. The van der Waals surface area contributed by atoms with Crippen molar-refractivity contribution in [1.29, 1.82) is 0 Å². The number of rotatable bonds is 7. The van der Waals surface area contributed by atoms with E-state index in [1.165, 1.54) is 12.1 Å². The largest absolute Gasteiger partial charge is 0.358 e. The molecule has 37 heavy (non-hydrogen) atoms. The lowest BCUT2D eigenvalue weighted by atomic mass is 10.1. The van der Waals surface area contributed by atoms with E-state index in [4.69, 9.17) is 4.98 Å². The van der Waals surface area contributed by atoms with Crippen LogP contribution in [0.2, 0.25) is 0 Å². The molecule has 0 aliphatic heterocycles. The van der Waals surface area contributed by atoms with Gasteiger partial charge in [0, 0.05) is 34.4 Å². The monoisotopic (exact) mass is 491 g/mol. The molecule has 0 aliphatic carbocycles. The molecule has 0 aliphatic rings. The second-order valence-electron chi connectivity index (χ2n) is 8.55. The molecule has 0 unspecified atom stereocenters. The van der Waals surface area contributed by atoms with E-state index in [-0.39, 0.29) is 5.82 Å². The number of halogens is 1. The smallest absolute Gasteiger partial charge is 0.159 e. The molecule has 7 nitrogen and oxygen atoms in total. The van der Waals surface area contributed by atoms with Crippen molar-refractivity contribution in [3.05, 3.63) is 95.3 Å². The van der Waals surface area contributed by atoms with Gasteiger partial charge < -0.3 is 10.3 Å². The third-order valence-corrected chi connectivity index (χ3v) is 6.04. The van der Waals surface area contributed by atoms with Gasteiger partial charge in [0.25, 0.3) is 0 Å². The summed E-state index contributed by atoms with van der Waals surface area (Å²) in [6, 6.07) is 10.2. The van der Waals surface area contributed by atoms with Crippen LogP contribution in [0, 0.1) is 5.82 Å². The fraction of sp³-hybridized carbons (Fsp3) is 0.103. The third-order valence-electron chi connectivity index (χ3n) is 6.04. The lowest BCUT2D eigenvalue weighted by Crippen LogP contribution is -2.22. The van der Waals surface area contributed by atoms with Crippen molar-refractivity contribution in [2.45, 2.75) is 20.3 Å². The molecule has 4 aromatic heterocycles. The number of nitrogens with zero attached hydrogens (tertiary/aromatic N) is 4. The summed E-state index contributed by atoms with van der Waals surface area (Å²) in [5.74, 6) is 0.228. The highest BCUT2D eigenvalue weighted by molar-refractivity contribution is 5.92. The summed E-state index contributed by atoms with van der Waals surface area (Å²) in [4.78, 5) is 17.0. The molecule has 0 spiro atoms. The van der Waals surface area contributed by atoms with Crippen LogP contribution in [0.1, 0.15) is 25.8 Å². The van der Waals surface area contributed by atoms with Gasteiger partial charge in [0.2, 0.25) is 0 Å². The minimum Gasteiger partial charge on any atom is -0.358 e. The van der Waals surface area contributed by atoms with E-state index >= 15 is 0 Å². The Bertz CT molecular complexity index is 1760. The van der Waals surface area contributed by atoms with Gasteiger partial charge in [-0.15, -0.1) is 0 Å². The Balaban J connectivity index is 1.59. The van der Waals surface area contributed by atoms with Gasteiger partial charge in [-0.1, -0.05) is 38.3 Å². The van der Waals surface area contributed by atoms with E-state index in [0.717, 1.165) is 39.7 Å². The normalized spacial score (nSPS) is 12.3. The minimum absolute atomic E-state index is 0.329. The highest BCUT2D eigenvalue weighted by Crippen LogP contribution is 2.27. The summed E-state index contributed by atoms with van der Waals surface area (Å²) in [5, 5.41) is 12.2. The zero-order valence-corrected chi connectivity index (χ0v) is 20.6. The van der Waals surface area contributed by atoms with E-state index in [1.54, 1.807) is 18.5 Å². The molecular weight excluding hydrogens is 465 g/mol. The lowest BCUT2D eigenvalue weighted by molar-refractivity contribution is 0.628. The maximum atomic E-state index is 13.9. The Morgan fingerprint density at radius 1 is 1.16 bits per heavy atom. The van der Waals surface area contributed by atoms with Crippen molar-refractivity contribution in [2.24, 2.45) is 0 Å². The summed E-state index contributed by atoms with van der Waals surface area (Å²) in [7, 11) is 0. The Morgan fingerprint density at radius 2 is 2.03 bits per heavy atom. The fourth-order valence-electron chi connectivity index (χ4n) is 4.06. The summed E-state index contributed by atoms with van der Waals surface area (Å²) in [5.41, 5.74) is 6.93. The van der Waals surface area contributed by atoms with Gasteiger partial charge in [0.05, 0.1) is 28.4 Å². The minimum atomic E-state index is -0.329. The standard InChI is InChI=1S/C29H26FN7/c1-5-17(3)33-23-13-21(15-31-16-23)19(6-2)14-24-18(4)36-37-27(24)29-34-25-10-11-32-26(28(25)35-29)20-8-7-9-22(30)12-20/h6-16,33,36H,3-5H2,1-2H3,(H,34,35)/b19-6+,24-14+. The maximum absolute atomic E-state index is 13.9. The van der Waals surface area contributed by atoms with Gasteiger partial charge in [0.15, 0.2) is 5.82 Å². The number of aromatic amines is 2. The summed E-state index contributed by atoms with van der Waals surface area (Å²) >= 11 is 0. The van der Waals surface area contributed by atoms with E-state index in [2.05, 4.69) is 43.6 Å². The highest BCUT2D eigenvalue weighted by atomic mass is 19.1. The van der Waals surface area contributed by atoms with Crippen LogP contribution in [0.15, 0.2) is 73.3 Å². The highest BCUT2D eigenvalue weighted by Gasteiger charge is 2.15. The van der Waals surface area contributed by atoms with Gasteiger partial charge in [-0.3, -0.25) is 15.1 Å². The maximum Gasteiger partial charge on any atom is 0.159 e. The first-order valence-corrected chi connectivity index (χ1v) is 11.9. The Morgan fingerprint density at radius 3 is 2.81 bits per heavy atom. The molecule has 0 atom stereocenters. The molecule has 184 valence electrons. The van der Waals surface area contributed by atoms with Crippen molar-refractivity contribution >= 4 is 34.9 Å². The quantitative estimate of drug-likeness (QED) is 0.292. The molecule has 5 rings (SSSR count). The number of aromatic nitrogens is 6. The predicted molar refractivity (Wildman–Crippen MR) is 147 cm³/mol. The molecule has 3 N–H and O–H groups in total. The van der Waals surface area contributed by atoms with Crippen LogP contribution >= 0.6 is 0 Å². The topological polar surface area (TPSA) is 95.2 Å². The zero-order chi connectivity index (χ0) is 25.9. The predicted octanol–water partition coefficient (Wildman–Crippen LogP) is 5.18. The molecule has 0 saturated heterocycles. The first-order chi connectivity index (χ1) is 18.0.